The molecule has 0 bridgehead atoms. The number of carbonyl (C=O) groups is 2. The van der Waals surface area contributed by atoms with Crippen molar-refractivity contribution in [2.75, 3.05) is 19.6 Å². The van der Waals surface area contributed by atoms with E-state index >= 15 is 0 Å². The maximum atomic E-state index is 12.4. The van der Waals surface area contributed by atoms with Crippen molar-refractivity contribution >= 4 is 44.4 Å². The molecule has 214 valence electrons. The highest BCUT2D eigenvalue weighted by molar-refractivity contribution is 6.23. The third-order valence-corrected chi connectivity index (χ3v) is 8.08. The Hall–Kier alpha value is -3.54. The molecular formula is C34H46N4O2. The molecule has 0 spiro atoms. The molecule has 0 saturated carbocycles. The minimum absolute atomic E-state index is 0.0488. The molecule has 6 heteroatoms. The molecule has 4 rings (SSSR count). The van der Waals surface area contributed by atoms with Gasteiger partial charge in [-0.3, -0.25) is 0 Å². The van der Waals surface area contributed by atoms with Crippen LogP contribution in [-0.4, -0.2) is 31.7 Å². The summed E-state index contributed by atoms with van der Waals surface area (Å²) in [5.74, 6) is 0.578. The van der Waals surface area contributed by atoms with Crippen molar-refractivity contribution in [3.8, 4) is 0 Å². The number of amides is 4. The van der Waals surface area contributed by atoms with Crippen molar-refractivity contribution in [2.45, 2.75) is 78.2 Å². The fourth-order valence-corrected chi connectivity index (χ4v) is 5.61. The van der Waals surface area contributed by atoms with Crippen LogP contribution >= 0.6 is 0 Å². The molecular weight excluding hydrogens is 496 g/mol. The van der Waals surface area contributed by atoms with Crippen molar-refractivity contribution in [3.05, 3.63) is 60.2 Å². The molecule has 4 N–H and O–H groups in total. The third-order valence-electron chi connectivity index (χ3n) is 8.08. The second kappa shape index (κ2) is 15.3. The molecule has 0 saturated heterocycles. The van der Waals surface area contributed by atoms with Crippen LogP contribution in [0.4, 0.5) is 9.59 Å². The molecule has 0 aliphatic carbocycles. The number of unbranched alkanes of at least 4 members (excludes halogenated alkanes) is 5. The zero-order valence-corrected chi connectivity index (χ0v) is 24.3. The molecule has 0 aromatic heterocycles. The molecule has 40 heavy (non-hydrogen) atoms. The minimum atomic E-state index is -0.124. The summed E-state index contributed by atoms with van der Waals surface area (Å²) in [7, 11) is 0. The van der Waals surface area contributed by atoms with E-state index in [-0.39, 0.29) is 12.1 Å². The maximum absolute atomic E-state index is 12.4. The van der Waals surface area contributed by atoms with Crippen LogP contribution in [0.2, 0.25) is 0 Å². The molecule has 4 aromatic carbocycles. The van der Waals surface area contributed by atoms with Crippen LogP contribution in [0.25, 0.3) is 32.3 Å². The van der Waals surface area contributed by atoms with Crippen LogP contribution in [0.3, 0.4) is 0 Å². The molecule has 0 fully saturated rings. The van der Waals surface area contributed by atoms with E-state index in [4.69, 9.17) is 0 Å². The molecule has 0 heterocycles. The average molecular weight is 543 g/mol. The Kier molecular flexibility index (Phi) is 11.3. The Morgan fingerprint density at radius 2 is 1.25 bits per heavy atom. The van der Waals surface area contributed by atoms with Crippen LogP contribution in [-0.2, 0) is 6.54 Å². The highest BCUT2D eigenvalue weighted by Gasteiger charge is 2.11. The van der Waals surface area contributed by atoms with E-state index in [1.54, 1.807) is 0 Å². The lowest BCUT2D eigenvalue weighted by molar-refractivity contribution is 0.237. The van der Waals surface area contributed by atoms with Gasteiger partial charge in [0.15, 0.2) is 0 Å². The van der Waals surface area contributed by atoms with Gasteiger partial charge in [0, 0.05) is 26.2 Å². The van der Waals surface area contributed by atoms with E-state index in [1.165, 1.54) is 51.6 Å². The topological polar surface area (TPSA) is 82.3 Å². The van der Waals surface area contributed by atoms with E-state index in [9.17, 15) is 9.59 Å². The van der Waals surface area contributed by atoms with E-state index in [2.05, 4.69) is 89.7 Å². The first-order chi connectivity index (χ1) is 19.6. The second-order valence-corrected chi connectivity index (χ2v) is 11.0. The molecule has 1 atom stereocenters. The van der Waals surface area contributed by atoms with Gasteiger partial charge in [0.1, 0.15) is 0 Å². The SMILES string of the molecule is CCCCC(CC)CNC(=O)NCCCCCCCNC(=O)NCc1ccc2ccc3cccc4ccc1c2c34. The molecule has 4 amide bonds. The lowest BCUT2D eigenvalue weighted by atomic mass is 9.92. The summed E-state index contributed by atoms with van der Waals surface area (Å²) in [6.45, 7) is 7.04. The zero-order valence-electron chi connectivity index (χ0n) is 24.3. The Labute approximate surface area is 239 Å². The molecule has 1 unspecified atom stereocenters. The summed E-state index contributed by atoms with van der Waals surface area (Å²) in [6.07, 6.45) is 9.91. The zero-order chi connectivity index (χ0) is 28.2. The predicted molar refractivity (Wildman–Crippen MR) is 168 cm³/mol. The number of nitrogens with one attached hydrogen (secondary N) is 4. The molecule has 4 aromatic rings. The van der Waals surface area contributed by atoms with Gasteiger partial charge in [0.25, 0.3) is 0 Å². The molecule has 0 radical (unpaired) electrons. The Morgan fingerprint density at radius 1 is 0.650 bits per heavy atom. The third kappa shape index (κ3) is 8.00. The quantitative estimate of drug-likeness (QED) is 0.0859. The normalized spacial score (nSPS) is 12.2. The number of hydrogen-bond donors (Lipinski definition) is 4. The van der Waals surface area contributed by atoms with E-state index in [0.29, 0.717) is 25.6 Å². The number of carbonyl (C=O) groups excluding carboxylic acids is 2. The average Bonchev–Trinajstić information content (AvgIpc) is 2.98. The van der Waals surface area contributed by atoms with Crippen molar-refractivity contribution in [3.63, 3.8) is 0 Å². The first-order valence-electron chi connectivity index (χ1n) is 15.3. The fraction of sp³-hybridized carbons (Fsp3) is 0.471. The standard InChI is InChI=1S/C34H46N4O2/c1-3-5-12-25(4-2)23-37-33(39)35-21-9-7-6-8-10-22-36-34(40)38-24-29-18-17-28-16-15-26-13-11-14-27-19-20-30(29)32(28)31(26)27/h11,13-20,25H,3-10,12,21-24H2,1-2H3,(H2,35,37,39)(H2,36,38,40). The van der Waals surface area contributed by atoms with Crippen LogP contribution in [0, 0.1) is 5.92 Å². The molecule has 6 nitrogen and oxygen atoms in total. The first kappa shape index (κ1) is 29.4. The van der Waals surface area contributed by atoms with E-state index in [0.717, 1.165) is 50.6 Å². The number of benzene rings is 4. The highest BCUT2D eigenvalue weighted by atomic mass is 16.2. The lowest BCUT2D eigenvalue weighted by Crippen LogP contribution is -2.38. The Bertz CT molecular complexity index is 1350. The first-order valence-corrected chi connectivity index (χ1v) is 15.3. The van der Waals surface area contributed by atoms with Crippen molar-refractivity contribution in [1.29, 1.82) is 0 Å². The summed E-state index contributed by atoms with van der Waals surface area (Å²) < 4.78 is 0. The maximum Gasteiger partial charge on any atom is 0.315 e. The van der Waals surface area contributed by atoms with Crippen LogP contribution in [0.1, 0.15) is 77.2 Å². The second-order valence-electron chi connectivity index (χ2n) is 11.0. The van der Waals surface area contributed by atoms with Gasteiger partial charge in [-0.2, -0.15) is 0 Å². The monoisotopic (exact) mass is 542 g/mol. The fourth-order valence-electron chi connectivity index (χ4n) is 5.61. The predicted octanol–water partition coefficient (Wildman–Crippen LogP) is 7.85. The van der Waals surface area contributed by atoms with Crippen molar-refractivity contribution in [2.24, 2.45) is 5.92 Å². The van der Waals surface area contributed by atoms with Gasteiger partial charge in [-0.25, -0.2) is 9.59 Å². The number of rotatable bonds is 16. The van der Waals surface area contributed by atoms with Crippen LogP contribution in [0.15, 0.2) is 54.6 Å². The highest BCUT2D eigenvalue weighted by Crippen LogP contribution is 2.35. The van der Waals surface area contributed by atoms with Crippen LogP contribution < -0.4 is 21.3 Å². The summed E-state index contributed by atoms with van der Waals surface area (Å²) in [4.78, 5) is 24.4. The molecule has 0 aliphatic heterocycles. The smallest absolute Gasteiger partial charge is 0.315 e. The minimum Gasteiger partial charge on any atom is -0.338 e. The van der Waals surface area contributed by atoms with Gasteiger partial charge in [0.2, 0.25) is 0 Å². The Morgan fingerprint density at radius 3 is 1.93 bits per heavy atom. The van der Waals surface area contributed by atoms with Gasteiger partial charge < -0.3 is 21.3 Å². The number of urea groups is 2. The largest absolute Gasteiger partial charge is 0.338 e. The van der Waals surface area contributed by atoms with Gasteiger partial charge >= 0.3 is 12.1 Å². The van der Waals surface area contributed by atoms with Gasteiger partial charge in [-0.05, 0) is 63.1 Å². The van der Waals surface area contributed by atoms with Crippen molar-refractivity contribution < 1.29 is 9.59 Å². The summed E-state index contributed by atoms with van der Waals surface area (Å²) in [5.41, 5.74) is 1.13. The van der Waals surface area contributed by atoms with Gasteiger partial charge in [-0.15, -0.1) is 0 Å². The number of hydrogen-bond acceptors (Lipinski definition) is 2. The van der Waals surface area contributed by atoms with Crippen LogP contribution in [0.5, 0.6) is 0 Å². The summed E-state index contributed by atoms with van der Waals surface area (Å²) >= 11 is 0. The van der Waals surface area contributed by atoms with Crippen molar-refractivity contribution in [1.82, 2.24) is 21.3 Å². The summed E-state index contributed by atoms with van der Waals surface area (Å²) in [6, 6.07) is 19.2. The van der Waals surface area contributed by atoms with E-state index < -0.39 is 0 Å². The van der Waals surface area contributed by atoms with Gasteiger partial charge in [-0.1, -0.05) is 107 Å². The molecule has 0 aliphatic rings. The summed E-state index contributed by atoms with van der Waals surface area (Å²) in [5, 5.41) is 19.5. The van der Waals surface area contributed by atoms with Gasteiger partial charge in [0.05, 0.1) is 0 Å². The lowest BCUT2D eigenvalue weighted by Gasteiger charge is -2.15. The van der Waals surface area contributed by atoms with E-state index in [1.807, 2.05) is 0 Å². The Balaban J connectivity index is 1.08.